The number of fused-ring (bicyclic) bond motifs is 2. The van der Waals surface area contributed by atoms with Crippen LogP contribution in [0.2, 0.25) is 0 Å². The highest BCUT2D eigenvalue weighted by Crippen LogP contribution is 2.33. The fraction of sp³-hybridized carbons (Fsp3) is 0.316. The monoisotopic (exact) mass is 356 g/mol. The summed E-state index contributed by atoms with van der Waals surface area (Å²) in [5.41, 5.74) is 2.22. The number of aliphatic hydroxyl groups excluding tert-OH is 4. The highest BCUT2D eigenvalue weighted by molar-refractivity contribution is 6.07. The van der Waals surface area contributed by atoms with Crippen molar-refractivity contribution < 1.29 is 25.2 Å². The van der Waals surface area contributed by atoms with Crippen molar-refractivity contribution in [2.75, 3.05) is 11.9 Å². The molecule has 7 heteroatoms. The number of aliphatic hydroxyl groups is 4. The van der Waals surface area contributed by atoms with Gasteiger partial charge in [-0.3, -0.25) is 0 Å². The highest BCUT2D eigenvalue weighted by Gasteiger charge is 2.43. The Morgan fingerprint density at radius 3 is 2.04 bits per heavy atom. The smallest absolute Gasteiger partial charge is 0.178 e. The fourth-order valence-corrected chi connectivity index (χ4v) is 3.42. The van der Waals surface area contributed by atoms with Crippen LogP contribution >= 0.6 is 0 Å². The summed E-state index contributed by atoms with van der Waals surface area (Å²) >= 11 is 0. The van der Waals surface area contributed by atoms with Gasteiger partial charge in [-0.2, -0.15) is 0 Å². The molecule has 1 saturated heterocycles. The van der Waals surface area contributed by atoms with Crippen LogP contribution in [0.4, 0.5) is 5.69 Å². The van der Waals surface area contributed by atoms with Crippen LogP contribution in [-0.2, 0) is 4.74 Å². The molecule has 2 heterocycles. The first kappa shape index (κ1) is 17.1. The Hall–Kier alpha value is -2.29. The number of pyridine rings is 1. The molecule has 0 bridgehead atoms. The van der Waals surface area contributed by atoms with Gasteiger partial charge in [-0.25, -0.2) is 4.98 Å². The van der Waals surface area contributed by atoms with Crippen LogP contribution in [0.1, 0.15) is 0 Å². The number of nitrogens with zero attached hydrogens (tertiary/aromatic N) is 1. The van der Waals surface area contributed by atoms with Crippen LogP contribution in [0.3, 0.4) is 0 Å². The average Bonchev–Trinajstić information content (AvgIpc) is 2.67. The maximum atomic E-state index is 10.4. The van der Waals surface area contributed by atoms with Crippen LogP contribution in [0.25, 0.3) is 21.8 Å². The van der Waals surface area contributed by atoms with Crippen molar-refractivity contribution in [1.29, 1.82) is 0 Å². The number of nitrogens with one attached hydrogen (secondary N) is 1. The predicted molar refractivity (Wildman–Crippen MR) is 96.6 cm³/mol. The van der Waals surface area contributed by atoms with Gasteiger partial charge >= 0.3 is 0 Å². The molecule has 1 fully saturated rings. The Kier molecular flexibility index (Phi) is 4.47. The number of aromatic nitrogens is 1. The molecule has 4 rings (SSSR count). The Morgan fingerprint density at radius 2 is 1.46 bits per heavy atom. The molecule has 0 radical (unpaired) electrons. The lowest BCUT2D eigenvalue weighted by Gasteiger charge is -2.41. The minimum absolute atomic E-state index is 0.497. The number of para-hydroxylation sites is 2. The van der Waals surface area contributed by atoms with Crippen LogP contribution in [0, 0.1) is 0 Å². The highest BCUT2D eigenvalue weighted by atomic mass is 16.6. The Labute approximate surface area is 149 Å². The van der Waals surface area contributed by atoms with Gasteiger partial charge in [0.25, 0.3) is 0 Å². The molecule has 5 N–H and O–H groups in total. The summed E-state index contributed by atoms with van der Waals surface area (Å²) in [4.78, 5) is 4.63. The summed E-state index contributed by atoms with van der Waals surface area (Å²) in [6.45, 7) is -0.497. The molecule has 26 heavy (non-hydrogen) atoms. The minimum Gasteiger partial charge on any atom is -0.394 e. The van der Waals surface area contributed by atoms with Gasteiger partial charge < -0.3 is 30.5 Å². The molecule has 3 aromatic rings. The second kappa shape index (κ2) is 6.79. The number of hydrogen-bond acceptors (Lipinski definition) is 7. The van der Waals surface area contributed by atoms with Crippen molar-refractivity contribution in [3.8, 4) is 0 Å². The predicted octanol–water partition coefficient (Wildman–Crippen LogP) is 0.600. The number of hydrogen-bond donors (Lipinski definition) is 5. The third-order valence-corrected chi connectivity index (χ3v) is 4.80. The van der Waals surface area contributed by atoms with E-state index < -0.39 is 37.3 Å². The van der Waals surface area contributed by atoms with E-state index in [9.17, 15) is 20.4 Å². The summed E-state index contributed by atoms with van der Waals surface area (Å²) in [6.07, 6.45) is -5.07. The summed E-state index contributed by atoms with van der Waals surface area (Å²) in [5.74, 6) is 0. The molecule has 0 unspecified atom stereocenters. The van der Waals surface area contributed by atoms with Gasteiger partial charge in [0.2, 0.25) is 0 Å². The van der Waals surface area contributed by atoms with E-state index in [0.29, 0.717) is 5.69 Å². The molecule has 1 aliphatic heterocycles. The molecule has 1 aromatic heterocycles. The van der Waals surface area contributed by atoms with Gasteiger partial charge in [0.05, 0.1) is 23.3 Å². The summed E-state index contributed by atoms with van der Waals surface area (Å²) in [7, 11) is 0. The number of anilines is 1. The third-order valence-electron chi connectivity index (χ3n) is 4.80. The molecule has 0 amide bonds. The molecule has 2 aromatic carbocycles. The van der Waals surface area contributed by atoms with Crippen molar-refractivity contribution >= 4 is 27.5 Å². The van der Waals surface area contributed by atoms with Gasteiger partial charge in [0.1, 0.15) is 24.4 Å². The number of rotatable bonds is 3. The first-order chi connectivity index (χ1) is 12.6. The molecule has 0 saturated carbocycles. The minimum atomic E-state index is -1.39. The van der Waals surface area contributed by atoms with E-state index in [4.69, 9.17) is 4.74 Å². The van der Waals surface area contributed by atoms with Crippen LogP contribution in [-0.4, -0.2) is 62.7 Å². The quantitative estimate of drug-likeness (QED) is 0.437. The van der Waals surface area contributed by atoms with Crippen molar-refractivity contribution in [3.63, 3.8) is 0 Å². The fourth-order valence-electron chi connectivity index (χ4n) is 3.42. The zero-order valence-electron chi connectivity index (χ0n) is 13.9. The lowest BCUT2D eigenvalue weighted by atomic mass is 9.96. The summed E-state index contributed by atoms with van der Waals surface area (Å²) in [6, 6.07) is 14.1. The third kappa shape index (κ3) is 2.80. The maximum absolute atomic E-state index is 10.4. The molecule has 136 valence electrons. The van der Waals surface area contributed by atoms with Crippen molar-refractivity contribution in [3.05, 3.63) is 48.5 Å². The first-order valence-corrected chi connectivity index (χ1v) is 8.44. The van der Waals surface area contributed by atoms with Gasteiger partial charge in [0, 0.05) is 10.8 Å². The maximum Gasteiger partial charge on any atom is 0.178 e. The van der Waals surface area contributed by atoms with E-state index in [0.717, 1.165) is 21.8 Å². The van der Waals surface area contributed by atoms with Gasteiger partial charge in [0.15, 0.2) is 6.29 Å². The van der Waals surface area contributed by atoms with E-state index in [2.05, 4.69) is 10.3 Å². The second-order valence-corrected chi connectivity index (χ2v) is 6.42. The molecule has 1 aliphatic rings. The normalized spacial score (nSPS) is 29.2. The molecular weight excluding hydrogens is 336 g/mol. The van der Waals surface area contributed by atoms with Crippen molar-refractivity contribution in [2.45, 2.75) is 30.6 Å². The summed E-state index contributed by atoms with van der Waals surface area (Å²) < 4.78 is 5.24. The van der Waals surface area contributed by atoms with Gasteiger partial charge in [-0.15, -0.1) is 0 Å². The zero-order valence-corrected chi connectivity index (χ0v) is 13.9. The Balaban J connectivity index is 1.81. The average molecular weight is 356 g/mol. The van der Waals surface area contributed by atoms with Gasteiger partial charge in [-0.1, -0.05) is 36.4 Å². The number of ether oxygens (including phenoxy) is 1. The first-order valence-electron chi connectivity index (χ1n) is 8.44. The molecule has 5 atom stereocenters. The lowest BCUT2D eigenvalue weighted by molar-refractivity contribution is -0.245. The van der Waals surface area contributed by atoms with Crippen LogP contribution in [0.15, 0.2) is 48.5 Å². The Bertz CT molecular complexity index is 880. The Morgan fingerprint density at radius 1 is 0.885 bits per heavy atom. The SMILES string of the molecule is OC[C@@H]1O[C@H](O)[C@H](Nc2c3ccccc3nc3ccccc23)[C@H](O)[C@H]1O. The van der Waals surface area contributed by atoms with E-state index in [1.807, 2.05) is 48.5 Å². The van der Waals surface area contributed by atoms with Gasteiger partial charge in [-0.05, 0) is 12.1 Å². The molecule has 0 aliphatic carbocycles. The van der Waals surface area contributed by atoms with E-state index in [1.165, 1.54) is 0 Å². The summed E-state index contributed by atoms with van der Waals surface area (Å²) in [5, 5.41) is 44.9. The van der Waals surface area contributed by atoms with E-state index in [1.54, 1.807) is 0 Å². The van der Waals surface area contributed by atoms with E-state index >= 15 is 0 Å². The number of benzene rings is 2. The topological polar surface area (TPSA) is 115 Å². The standard InChI is InChI=1S/C19H20N2O5/c22-9-14-17(23)18(24)16(19(25)26-14)21-15-10-5-1-3-7-12(10)20-13-8-4-2-6-11(13)15/h1-8,14,16-19,22-25H,9H2,(H,20,21)/t14-,16+,17-,18-,19-/m0/s1. The lowest BCUT2D eigenvalue weighted by Crippen LogP contribution is -2.61. The van der Waals surface area contributed by atoms with E-state index in [-0.39, 0.29) is 0 Å². The molecule has 0 spiro atoms. The van der Waals surface area contributed by atoms with Crippen molar-refractivity contribution in [1.82, 2.24) is 4.98 Å². The van der Waals surface area contributed by atoms with Crippen LogP contribution < -0.4 is 5.32 Å². The van der Waals surface area contributed by atoms with Crippen molar-refractivity contribution in [2.24, 2.45) is 0 Å². The zero-order chi connectivity index (χ0) is 18.3. The largest absolute Gasteiger partial charge is 0.394 e. The molecular formula is C19H20N2O5. The second-order valence-electron chi connectivity index (χ2n) is 6.42. The molecule has 7 nitrogen and oxygen atoms in total. The van der Waals surface area contributed by atoms with Crippen LogP contribution in [0.5, 0.6) is 0 Å².